The monoisotopic (exact) mass is 513 g/mol. The molecule has 5 nitrogen and oxygen atoms in total. The summed E-state index contributed by atoms with van der Waals surface area (Å²) >= 11 is 1.99. The fourth-order valence-corrected chi connectivity index (χ4v) is 7.37. The molecule has 0 bridgehead atoms. The van der Waals surface area contributed by atoms with Crippen LogP contribution in [0, 0.1) is 0 Å². The topological polar surface area (TPSA) is 75.4 Å². The summed E-state index contributed by atoms with van der Waals surface area (Å²) in [6.07, 6.45) is 8.69. The van der Waals surface area contributed by atoms with Gasteiger partial charge in [-0.2, -0.15) is 0 Å². The first kappa shape index (κ1) is 26.4. The predicted octanol–water partition coefficient (Wildman–Crippen LogP) is 5.79. The van der Waals surface area contributed by atoms with E-state index in [2.05, 4.69) is 28.7 Å². The Morgan fingerprint density at radius 1 is 1.09 bits per heavy atom. The van der Waals surface area contributed by atoms with E-state index in [1.165, 1.54) is 49.6 Å². The Balaban J connectivity index is 0.00000141. The van der Waals surface area contributed by atoms with Gasteiger partial charge in [0.2, 0.25) is 0 Å². The van der Waals surface area contributed by atoms with Crippen molar-refractivity contribution >= 4 is 34.3 Å². The lowest BCUT2D eigenvalue weighted by atomic mass is 9.71. The van der Waals surface area contributed by atoms with Gasteiger partial charge in [-0.25, -0.2) is 8.93 Å². The highest BCUT2D eigenvalue weighted by Crippen LogP contribution is 2.51. The number of nitrogens with zero attached hydrogens (tertiary/aromatic N) is 1. The summed E-state index contributed by atoms with van der Waals surface area (Å²) in [5.41, 5.74) is 7.35. The number of carbonyl (C=O) groups excluding carboxylic acids is 1. The van der Waals surface area contributed by atoms with Crippen LogP contribution < -0.4 is 15.4 Å². The molecule has 2 aromatic carbocycles. The first-order valence-electron chi connectivity index (χ1n) is 12.7. The molecule has 1 spiro atoms. The molecule has 2 aromatic rings. The molecule has 35 heavy (non-hydrogen) atoms. The quantitative estimate of drug-likeness (QED) is 0.531. The van der Waals surface area contributed by atoms with Crippen molar-refractivity contribution in [3.8, 4) is 0 Å². The largest absolute Gasteiger partial charge is 0.333 e. The van der Waals surface area contributed by atoms with Crippen LogP contribution in [-0.2, 0) is 16.4 Å². The lowest BCUT2D eigenvalue weighted by molar-refractivity contribution is 0.0982. The zero-order valence-corrected chi connectivity index (χ0v) is 23.1. The van der Waals surface area contributed by atoms with Gasteiger partial charge in [-0.3, -0.25) is 4.79 Å². The molecule has 0 aromatic heterocycles. The van der Waals surface area contributed by atoms with Gasteiger partial charge < -0.3 is 10.6 Å². The van der Waals surface area contributed by atoms with Crippen LogP contribution in [0.25, 0.3) is 0 Å². The van der Waals surface area contributed by atoms with Crippen LogP contribution in [0.5, 0.6) is 0 Å². The number of benzene rings is 2. The molecular formula is C28H39N3O2S2. The summed E-state index contributed by atoms with van der Waals surface area (Å²) in [7, 11) is 0.136. The van der Waals surface area contributed by atoms with Crippen LogP contribution in [0.15, 0.2) is 52.3 Å². The van der Waals surface area contributed by atoms with Gasteiger partial charge in [-0.15, -0.1) is 11.8 Å². The zero-order chi connectivity index (χ0) is 25.2. The van der Waals surface area contributed by atoms with E-state index in [9.17, 15) is 9.00 Å². The molecule has 7 heteroatoms. The molecule has 190 valence electrons. The molecule has 0 saturated heterocycles. The summed E-state index contributed by atoms with van der Waals surface area (Å²) in [5, 5.41) is 0.773. The number of nitrogens with two attached hydrogens (primary N) is 1. The molecule has 1 amide bonds. The predicted molar refractivity (Wildman–Crippen MR) is 148 cm³/mol. The lowest BCUT2D eigenvalue weighted by Crippen LogP contribution is -2.38. The molecule has 1 unspecified atom stereocenters. The van der Waals surface area contributed by atoms with Crippen molar-refractivity contribution < 1.29 is 9.00 Å². The highest BCUT2D eigenvalue weighted by Gasteiger charge is 2.45. The van der Waals surface area contributed by atoms with Gasteiger partial charge in [0.15, 0.2) is 0 Å². The molecule has 1 aliphatic heterocycles. The third-order valence-electron chi connectivity index (χ3n) is 6.87. The summed E-state index contributed by atoms with van der Waals surface area (Å²) in [4.78, 5) is 17.7. The number of hydrogen-bond acceptors (Lipinski definition) is 4. The maximum absolute atomic E-state index is 13.8. The van der Waals surface area contributed by atoms with Gasteiger partial charge in [0, 0.05) is 38.9 Å². The van der Waals surface area contributed by atoms with Gasteiger partial charge in [-0.05, 0) is 95.5 Å². The molecular weight excluding hydrogens is 474 g/mol. The fourth-order valence-electron chi connectivity index (χ4n) is 5.17. The van der Waals surface area contributed by atoms with E-state index in [0.717, 1.165) is 30.3 Å². The number of fused-ring (bicyclic) bond motifs is 2. The molecule has 2 saturated carbocycles. The average molecular weight is 514 g/mol. The standard InChI is InChI=1S/C27H34N2O2S2.CH5N/c1-26(2,3)28-33(31)22-9-7-8-19(16-22)25(30)29-18-27(14-5-4-6-15-27)23-17-21(12-13-24(23)29)32-20-10-11-20;1-2/h7-9,12-13,16-17,20,28H,4-6,10-11,14-15,18H2,1-3H3;2H2,1H3. The van der Waals surface area contributed by atoms with Crippen molar-refractivity contribution in [3.63, 3.8) is 0 Å². The molecule has 1 heterocycles. The first-order valence-corrected chi connectivity index (χ1v) is 14.8. The van der Waals surface area contributed by atoms with E-state index in [1.54, 1.807) is 6.07 Å². The van der Waals surface area contributed by atoms with Crippen molar-refractivity contribution in [1.29, 1.82) is 0 Å². The summed E-state index contributed by atoms with van der Waals surface area (Å²) in [5.74, 6) is 0.0101. The zero-order valence-electron chi connectivity index (χ0n) is 21.4. The van der Waals surface area contributed by atoms with Crippen molar-refractivity contribution in [3.05, 3.63) is 53.6 Å². The second-order valence-corrected chi connectivity index (χ2v) is 13.5. The Morgan fingerprint density at radius 2 is 1.80 bits per heavy atom. The van der Waals surface area contributed by atoms with Gasteiger partial charge in [0.1, 0.15) is 11.0 Å². The highest BCUT2D eigenvalue weighted by atomic mass is 32.2. The summed E-state index contributed by atoms with van der Waals surface area (Å²) in [6, 6.07) is 14.1. The molecule has 3 N–H and O–H groups in total. The van der Waals surface area contributed by atoms with Crippen LogP contribution in [0.1, 0.15) is 81.6 Å². The van der Waals surface area contributed by atoms with E-state index in [0.29, 0.717) is 10.5 Å². The van der Waals surface area contributed by atoms with E-state index in [4.69, 9.17) is 0 Å². The molecule has 1 atom stereocenters. The third-order valence-corrected chi connectivity index (χ3v) is 9.68. The van der Waals surface area contributed by atoms with Crippen molar-refractivity contribution in [2.24, 2.45) is 5.73 Å². The van der Waals surface area contributed by atoms with Gasteiger partial charge in [-0.1, -0.05) is 25.3 Å². The number of hydrogen-bond donors (Lipinski definition) is 2. The Kier molecular flexibility index (Phi) is 8.11. The maximum Gasteiger partial charge on any atom is 0.258 e. The van der Waals surface area contributed by atoms with Crippen molar-refractivity contribution in [2.45, 2.75) is 91.7 Å². The number of nitrogens with one attached hydrogen (secondary N) is 1. The Labute approximate surface area is 217 Å². The van der Waals surface area contributed by atoms with Gasteiger partial charge >= 0.3 is 0 Å². The molecule has 2 fully saturated rings. The lowest BCUT2D eigenvalue weighted by Gasteiger charge is -2.34. The number of rotatable bonds is 5. The van der Waals surface area contributed by atoms with Crippen LogP contribution in [0.3, 0.4) is 0 Å². The highest BCUT2D eigenvalue weighted by molar-refractivity contribution is 8.00. The molecule has 3 aliphatic rings. The van der Waals surface area contributed by atoms with E-state index in [1.807, 2.05) is 55.6 Å². The SMILES string of the molecule is CC(C)(C)NS(=O)c1cccc(C(=O)N2CC3(CCCCC3)c3cc(SC4CC4)ccc32)c1.CN. The van der Waals surface area contributed by atoms with E-state index >= 15 is 0 Å². The minimum absolute atomic E-state index is 0.0101. The Hall–Kier alpha value is -1.67. The Morgan fingerprint density at radius 3 is 2.46 bits per heavy atom. The van der Waals surface area contributed by atoms with Crippen LogP contribution in [0.4, 0.5) is 5.69 Å². The third kappa shape index (κ3) is 6.01. The maximum atomic E-state index is 13.8. The number of amides is 1. The minimum atomic E-state index is -1.36. The number of carbonyl (C=O) groups is 1. The molecule has 0 radical (unpaired) electrons. The smallest absolute Gasteiger partial charge is 0.258 e. The van der Waals surface area contributed by atoms with Crippen molar-refractivity contribution in [2.75, 3.05) is 18.5 Å². The second-order valence-electron chi connectivity index (χ2n) is 10.9. The van der Waals surface area contributed by atoms with Crippen LogP contribution >= 0.6 is 11.8 Å². The van der Waals surface area contributed by atoms with Gasteiger partial charge in [0.05, 0.1) is 4.90 Å². The second kappa shape index (κ2) is 10.8. The fraction of sp³-hybridized carbons (Fsp3) is 0.536. The Bertz CT molecular complexity index is 1090. The first-order chi connectivity index (χ1) is 16.7. The van der Waals surface area contributed by atoms with Crippen LogP contribution in [0.2, 0.25) is 0 Å². The normalized spacial score (nSPS) is 19.6. The van der Waals surface area contributed by atoms with E-state index < -0.39 is 11.0 Å². The van der Waals surface area contributed by atoms with Crippen LogP contribution in [-0.4, -0.2) is 34.5 Å². The molecule has 5 rings (SSSR count). The summed E-state index contributed by atoms with van der Waals surface area (Å²) < 4.78 is 15.9. The average Bonchev–Trinajstić information content (AvgIpc) is 3.62. The number of anilines is 1. The number of thioether (sulfide) groups is 1. The van der Waals surface area contributed by atoms with E-state index in [-0.39, 0.29) is 16.9 Å². The minimum Gasteiger partial charge on any atom is -0.333 e. The molecule has 2 aliphatic carbocycles. The van der Waals surface area contributed by atoms with Crippen molar-refractivity contribution in [1.82, 2.24) is 4.72 Å². The summed E-state index contributed by atoms with van der Waals surface area (Å²) in [6.45, 7) is 6.72. The van der Waals surface area contributed by atoms with Gasteiger partial charge in [0.25, 0.3) is 5.91 Å².